The van der Waals surface area contributed by atoms with E-state index in [1.165, 1.54) is 0 Å². The minimum Gasteiger partial charge on any atom is -0.388 e. The molecule has 21 heteroatoms. The monoisotopic (exact) mass is 586 g/mol. The van der Waals surface area contributed by atoms with E-state index in [1.807, 2.05) is 0 Å². The topological polar surface area (TPSA) is 300 Å². The molecule has 0 aromatic heterocycles. The summed E-state index contributed by atoms with van der Waals surface area (Å²) in [5.74, 6) is -0.747. The molecule has 0 radical (unpaired) electrons. The second kappa shape index (κ2) is 13.3. The third-order valence-electron chi connectivity index (χ3n) is 5.17. The van der Waals surface area contributed by atoms with Gasteiger partial charge in [0.1, 0.15) is 48.8 Å². The number of aliphatic hydroxyl groups excluding tert-OH is 4. The van der Waals surface area contributed by atoms with Crippen LogP contribution in [0.15, 0.2) is 0 Å². The maximum absolute atomic E-state index is 11.7. The van der Waals surface area contributed by atoms with Crippen LogP contribution in [0, 0.1) is 0 Å². The van der Waals surface area contributed by atoms with Gasteiger partial charge in [-0.2, -0.15) is 16.8 Å². The Labute approximate surface area is 211 Å². The number of amides is 1. The van der Waals surface area contributed by atoms with Crippen molar-refractivity contribution in [1.82, 2.24) is 5.32 Å². The van der Waals surface area contributed by atoms with E-state index in [4.69, 9.17) is 33.8 Å². The zero-order valence-electron chi connectivity index (χ0n) is 19.2. The maximum Gasteiger partial charge on any atom is 0.397 e. The number of hydrogen-bond donors (Lipinski definition) is 8. The van der Waals surface area contributed by atoms with Gasteiger partial charge in [-0.25, -0.2) is 8.37 Å². The number of rotatable bonds is 12. The molecule has 0 bridgehead atoms. The van der Waals surface area contributed by atoms with Crippen LogP contribution in [0.3, 0.4) is 0 Å². The lowest BCUT2D eigenvalue weighted by atomic mass is 9.95. The highest BCUT2D eigenvalue weighted by atomic mass is 32.3. The number of nitrogens with one attached hydrogen (secondary N) is 1. The predicted octanol–water partition coefficient (Wildman–Crippen LogP) is -5.62. The zero-order chi connectivity index (χ0) is 28.1. The van der Waals surface area contributed by atoms with Crippen LogP contribution in [0.25, 0.3) is 0 Å². The van der Waals surface area contributed by atoms with Gasteiger partial charge in [-0.1, -0.05) is 0 Å². The summed E-state index contributed by atoms with van der Waals surface area (Å²) in [6.45, 7) is -1.15. The van der Waals surface area contributed by atoms with Crippen molar-refractivity contribution >= 4 is 26.7 Å². The van der Waals surface area contributed by atoms with E-state index < -0.39 is 101 Å². The van der Waals surface area contributed by atoms with Crippen LogP contribution in [0.5, 0.6) is 0 Å². The molecule has 9 N–H and O–H groups in total. The first kappa shape index (κ1) is 32.1. The molecule has 2 aliphatic rings. The predicted molar refractivity (Wildman–Crippen MR) is 114 cm³/mol. The fourth-order valence-electron chi connectivity index (χ4n) is 3.56. The van der Waals surface area contributed by atoms with Crippen LogP contribution in [-0.2, 0) is 52.9 Å². The van der Waals surface area contributed by atoms with Gasteiger partial charge in [0.05, 0.1) is 19.8 Å². The van der Waals surface area contributed by atoms with Gasteiger partial charge >= 0.3 is 20.8 Å². The largest absolute Gasteiger partial charge is 0.397 e. The van der Waals surface area contributed by atoms with Crippen LogP contribution >= 0.6 is 0 Å². The molecule has 0 aromatic carbocycles. The minimum absolute atomic E-state index is 0.0175. The smallest absolute Gasteiger partial charge is 0.388 e. The second-order valence-electron chi connectivity index (χ2n) is 7.96. The second-order valence-corrected chi connectivity index (χ2v) is 10.1. The summed E-state index contributed by atoms with van der Waals surface area (Å²) >= 11 is 0. The molecular weight excluding hydrogens is 556 g/mol. The molecule has 1 amide bonds. The zero-order valence-corrected chi connectivity index (χ0v) is 20.8. The Hall–Kier alpha value is -1.15. The summed E-state index contributed by atoms with van der Waals surface area (Å²) in [5.41, 5.74) is 5.33. The summed E-state index contributed by atoms with van der Waals surface area (Å²) in [4.78, 5) is 11.7. The lowest BCUT2D eigenvalue weighted by Crippen LogP contribution is -2.67. The van der Waals surface area contributed by atoms with E-state index in [9.17, 15) is 42.1 Å². The van der Waals surface area contributed by atoms with Crippen molar-refractivity contribution in [2.45, 2.75) is 68.3 Å². The van der Waals surface area contributed by atoms with E-state index >= 15 is 0 Å². The molecule has 37 heavy (non-hydrogen) atoms. The maximum atomic E-state index is 11.7. The molecule has 2 aliphatic heterocycles. The van der Waals surface area contributed by atoms with Crippen LogP contribution in [0.2, 0.25) is 0 Å². The van der Waals surface area contributed by atoms with Gasteiger partial charge in [-0.05, 0) is 0 Å². The molecule has 2 rings (SSSR count). The first-order chi connectivity index (χ1) is 17.0. The molecule has 0 aromatic rings. The average molecular weight is 587 g/mol. The van der Waals surface area contributed by atoms with Gasteiger partial charge in [-0.3, -0.25) is 13.9 Å². The Bertz CT molecular complexity index is 964. The van der Waals surface area contributed by atoms with Gasteiger partial charge in [0.2, 0.25) is 5.91 Å². The molecule has 0 saturated carbocycles. The van der Waals surface area contributed by atoms with Crippen molar-refractivity contribution in [1.29, 1.82) is 0 Å². The van der Waals surface area contributed by atoms with E-state index in [0.717, 1.165) is 6.92 Å². The van der Waals surface area contributed by atoms with Crippen molar-refractivity contribution in [3.05, 3.63) is 0 Å². The number of hydrogen-bond acceptors (Lipinski definition) is 16. The van der Waals surface area contributed by atoms with Gasteiger partial charge < -0.3 is 50.4 Å². The Kier molecular flexibility index (Phi) is 11.5. The summed E-state index contributed by atoms with van der Waals surface area (Å²) < 4.78 is 91.7. The minimum atomic E-state index is -5.02. The number of ether oxygens (including phenoxy) is 4. The summed E-state index contributed by atoms with van der Waals surface area (Å²) in [5, 5.41) is 44.1. The normalized spacial score (nSPS) is 37.3. The molecule has 0 aliphatic carbocycles. The van der Waals surface area contributed by atoms with Crippen molar-refractivity contribution in [2.24, 2.45) is 5.73 Å². The quantitative estimate of drug-likeness (QED) is 0.0988. The number of aliphatic hydroxyl groups is 4. The molecule has 2 saturated heterocycles. The van der Waals surface area contributed by atoms with Crippen molar-refractivity contribution in [3.8, 4) is 0 Å². The van der Waals surface area contributed by atoms with E-state index in [0.29, 0.717) is 0 Å². The Morgan fingerprint density at radius 3 is 1.92 bits per heavy atom. The van der Waals surface area contributed by atoms with Crippen LogP contribution in [-0.4, -0.2) is 140 Å². The third kappa shape index (κ3) is 9.52. The van der Waals surface area contributed by atoms with Gasteiger partial charge in [-0.15, -0.1) is 0 Å². The first-order valence-corrected chi connectivity index (χ1v) is 13.3. The molecule has 2 heterocycles. The lowest BCUT2D eigenvalue weighted by molar-refractivity contribution is -0.345. The molecule has 10 atom stereocenters. The van der Waals surface area contributed by atoms with E-state index in [-0.39, 0.29) is 13.2 Å². The highest BCUT2D eigenvalue weighted by Gasteiger charge is 2.52. The average Bonchev–Trinajstić information content (AvgIpc) is 2.77. The van der Waals surface area contributed by atoms with E-state index in [2.05, 4.69) is 13.7 Å². The Balaban J connectivity index is 2.34. The molecule has 218 valence electrons. The highest BCUT2D eigenvalue weighted by Crippen LogP contribution is 2.30. The molecular formula is C16H30N2O17S2. The lowest BCUT2D eigenvalue weighted by Gasteiger charge is -2.47. The third-order valence-corrected chi connectivity index (χ3v) is 6.03. The van der Waals surface area contributed by atoms with Crippen LogP contribution in [0.4, 0.5) is 0 Å². The Morgan fingerprint density at radius 2 is 1.41 bits per heavy atom. The number of carbonyl (C=O) groups is 1. The number of carbonyl (C=O) groups excluding carboxylic acids is 1. The fraction of sp³-hybridized carbons (Fsp3) is 0.938. The van der Waals surface area contributed by atoms with Gasteiger partial charge in [0.25, 0.3) is 0 Å². The van der Waals surface area contributed by atoms with Gasteiger partial charge in [0, 0.05) is 13.5 Å². The Morgan fingerprint density at radius 1 is 0.865 bits per heavy atom. The summed E-state index contributed by atoms with van der Waals surface area (Å²) in [6, 6.07) is -1.58. The van der Waals surface area contributed by atoms with Crippen molar-refractivity contribution in [2.75, 3.05) is 26.4 Å². The van der Waals surface area contributed by atoms with Crippen molar-refractivity contribution in [3.63, 3.8) is 0 Å². The molecule has 19 nitrogen and oxygen atoms in total. The molecule has 0 spiro atoms. The van der Waals surface area contributed by atoms with Crippen LogP contribution in [0.1, 0.15) is 6.92 Å². The van der Waals surface area contributed by atoms with E-state index in [1.54, 1.807) is 0 Å². The SMILES string of the molecule is CC(=O)N[C@H]1[C@@H](O[C@H]2[C@H](O)[C@@H](O)[C@H](OCCN)O[C@@H]2COS(=O)(=O)O)O[C@H](COS(=O)(=O)O)[C@@H](O)[C@@H]1O. The van der Waals surface area contributed by atoms with Crippen LogP contribution < -0.4 is 11.1 Å². The standard InChI is InChI=1S/C16H30N2O17S2/c1-6(19)18-9-11(21)10(20)7(4-31-36(24,25)26)33-15(9)35-14-8(5-32-37(27,28)29)34-16(30-3-2-17)13(23)12(14)22/h7-16,20-23H,2-5,17H2,1H3,(H,18,19)(H,24,25,26)(H,27,28,29)/t7-,8-,9-,10-,11-,12-,13-,14-,15-,16-/m1/s1. The van der Waals surface area contributed by atoms with Crippen molar-refractivity contribution < 1.29 is 78.5 Å². The summed E-state index contributed by atoms with van der Waals surface area (Å²) in [7, 11) is -10.0. The number of nitrogens with two attached hydrogens (primary N) is 1. The highest BCUT2D eigenvalue weighted by molar-refractivity contribution is 7.81. The van der Waals surface area contributed by atoms with Gasteiger partial charge in [0.15, 0.2) is 12.6 Å². The molecule has 0 unspecified atom stereocenters. The summed E-state index contributed by atoms with van der Waals surface area (Å²) in [6.07, 6.45) is -16.0. The fourth-order valence-corrected chi connectivity index (χ4v) is 4.18. The molecule has 2 fully saturated rings. The first-order valence-electron chi connectivity index (χ1n) is 10.5.